The lowest BCUT2D eigenvalue weighted by Gasteiger charge is -2.24. The van der Waals surface area contributed by atoms with Crippen LogP contribution in [0.5, 0.6) is 0 Å². The smallest absolute Gasteiger partial charge is 0.0544 e. The normalized spacial score (nSPS) is 18.5. The van der Waals surface area contributed by atoms with Crippen LogP contribution in [0.1, 0.15) is 22.6 Å². The van der Waals surface area contributed by atoms with E-state index in [0.717, 1.165) is 38.5 Å². The van der Waals surface area contributed by atoms with Crippen molar-refractivity contribution in [1.29, 1.82) is 0 Å². The number of aryl methyl sites for hydroxylation is 1. The van der Waals surface area contributed by atoms with Crippen molar-refractivity contribution in [1.82, 2.24) is 9.88 Å². The van der Waals surface area contributed by atoms with E-state index in [0.29, 0.717) is 5.92 Å². The molecule has 1 fully saturated rings. The van der Waals surface area contributed by atoms with Crippen LogP contribution in [0.2, 0.25) is 0 Å². The molecule has 112 valence electrons. The standard InChI is InChI=1S/C17H22N2OS/c1-14-6-9-21-17(14)12-19(10-15-5-8-20-13-15)11-16-4-2-3-7-18-16/h2-4,6-7,9,15H,5,8,10-13H2,1H3/t15-/m0/s1. The summed E-state index contributed by atoms with van der Waals surface area (Å²) in [6.45, 7) is 7.03. The molecule has 0 aromatic carbocycles. The van der Waals surface area contributed by atoms with Crippen LogP contribution in [0.15, 0.2) is 35.8 Å². The van der Waals surface area contributed by atoms with Crippen LogP contribution in [0.4, 0.5) is 0 Å². The number of hydrogen-bond donors (Lipinski definition) is 0. The molecule has 2 aromatic rings. The van der Waals surface area contributed by atoms with Crippen LogP contribution in [0.25, 0.3) is 0 Å². The lowest BCUT2D eigenvalue weighted by molar-refractivity contribution is 0.161. The number of thiophene rings is 1. The fourth-order valence-corrected chi connectivity index (χ4v) is 3.71. The van der Waals surface area contributed by atoms with Crippen LogP contribution in [-0.2, 0) is 17.8 Å². The van der Waals surface area contributed by atoms with Gasteiger partial charge in [0.15, 0.2) is 0 Å². The molecule has 1 atom stereocenters. The lowest BCUT2D eigenvalue weighted by Crippen LogP contribution is -2.29. The molecule has 0 N–H and O–H groups in total. The van der Waals surface area contributed by atoms with Crippen LogP contribution < -0.4 is 0 Å². The second-order valence-electron chi connectivity index (χ2n) is 5.75. The minimum absolute atomic E-state index is 0.661. The van der Waals surface area contributed by atoms with Gasteiger partial charge in [-0.2, -0.15) is 0 Å². The van der Waals surface area contributed by atoms with Crippen molar-refractivity contribution in [2.45, 2.75) is 26.4 Å². The second-order valence-corrected chi connectivity index (χ2v) is 6.75. The highest BCUT2D eigenvalue weighted by Gasteiger charge is 2.20. The number of aromatic nitrogens is 1. The summed E-state index contributed by atoms with van der Waals surface area (Å²) >= 11 is 1.85. The van der Waals surface area contributed by atoms with Crippen molar-refractivity contribution < 1.29 is 4.74 Å². The Kier molecular flexibility index (Phi) is 5.01. The van der Waals surface area contributed by atoms with Crippen molar-refractivity contribution in [3.63, 3.8) is 0 Å². The predicted octanol–water partition coefficient (Wildman–Crippen LogP) is 3.49. The van der Waals surface area contributed by atoms with Gasteiger partial charge in [0.25, 0.3) is 0 Å². The van der Waals surface area contributed by atoms with Gasteiger partial charge in [-0.25, -0.2) is 0 Å². The summed E-state index contributed by atoms with van der Waals surface area (Å²) < 4.78 is 5.53. The molecule has 0 amide bonds. The van der Waals surface area contributed by atoms with Gasteiger partial charge in [-0.15, -0.1) is 11.3 Å². The monoisotopic (exact) mass is 302 g/mol. The van der Waals surface area contributed by atoms with E-state index < -0.39 is 0 Å². The molecule has 3 rings (SSSR count). The minimum Gasteiger partial charge on any atom is -0.381 e. The van der Waals surface area contributed by atoms with Crippen molar-refractivity contribution >= 4 is 11.3 Å². The summed E-state index contributed by atoms with van der Waals surface area (Å²) in [5.74, 6) is 0.661. The molecule has 3 heterocycles. The van der Waals surface area contributed by atoms with Crippen LogP contribution in [-0.4, -0.2) is 29.6 Å². The highest BCUT2D eigenvalue weighted by Crippen LogP contribution is 2.21. The van der Waals surface area contributed by atoms with Gasteiger partial charge < -0.3 is 4.74 Å². The van der Waals surface area contributed by atoms with Gasteiger partial charge >= 0.3 is 0 Å². The number of pyridine rings is 1. The molecule has 0 saturated carbocycles. The Morgan fingerprint density at radius 2 is 2.29 bits per heavy atom. The molecule has 0 bridgehead atoms. The largest absolute Gasteiger partial charge is 0.381 e. The fraction of sp³-hybridized carbons (Fsp3) is 0.471. The maximum Gasteiger partial charge on any atom is 0.0544 e. The van der Waals surface area contributed by atoms with E-state index in [-0.39, 0.29) is 0 Å². The average Bonchev–Trinajstić information content (AvgIpc) is 3.13. The third-order valence-electron chi connectivity index (χ3n) is 3.99. The molecular weight excluding hydrogens is 280 g/mol. The summed E-state index contributed by atoms with van der Waals surface area (Å²) in [4.78, 5) is 8.45. The fourth-order valence-electron chi connectivity index (χ4n) is 2.77. The predicted molar refractivity (Wildman–Crippen MR) is 86.3 cm³/mol. The summed E-state index contributed by atoms with van der Waals surface area (Å²) in [6.07, 6.45) is 3.06. The van der Waals surface area contributed by atoms with Gasteiger partial charge in [0.1, 0.15) is 0 Å². The second kappa shape index (κ2) is 7.16. The maximum atomic E-state index is 5.53. The molecule has 0 aliphatic carbocycles. The van der Waals surface area contributed by atoms with E-state index in [2.05, 4.69) is 40.4 Å². The number of rotatable bonds is 6. The van der Waals surface area contributed by atoms with E-state index in [9.17, 15) is 0 Å². The lowest BCUT2D eigenvalue weighted by atomic mass is 10.1. The Balaban J connectivity index is 1.69. The first kappa shape index (κ1) is 14.7. The highest BCUT2D eigenvalue weighted by molar-refractivity contribution is 7.10. The van der Waals surface area contributed by atoms with Gasteiger partial charge in [-0.1, -0.05) is 6.07 Å². The molecule has 4 heteroatoms. The van der Waals surface area contributed by atoms with Gasteiger partial charge in [-0.3, -0.25) is 9.88 Å². The third kappa shape index (κ3) is 4.13. The average molecular weight is 302 g/mol. The first-order valence-corrected chi connectivity index (χ1v) is 8.42. The molecule has 1 saturated heterocycles. The van der Waals surface area contributed by atoms with Gasteiger partial charge in [0, 0.05) is 37.3 Å². The van der Waals surface area contributed by atoms with Crippen LogP contribution in [0, 0.1) is 12.8 Å². The maximum absolute atomic E-state index is 5.53. The van der Waals surface area contributed by atoms with Crippen LogP contribution in [0.3, 0.4) is 0 Å². The van der Waals surface area contributed by atoms with Crippen LogP contribution >= 0.6 is 11.3 Å². The van der Waals surface area contributed by atoms with Gasteiger partial charge in [-0.05, 0) is 48.4 Å². The summed E-state index contributed by atoms with van der Waals surface area (Å²) in [5.41, 5.74) is 2.54. The molecule has 1 aliphatic rings. The van der Waals surface area contributed by atoms with E-state index in [1.807, 2.05) is 23.6 Å². The molecular formula is C17H22N2OS. The zero-order valence-electron chi connectivity index (χ0n) is 12.5. The van der Waals surface area contributed by atoms with Crippen molar-refractivity contribution in [3.8, 4) is 0 Å². The van der Waals surface area contributed by atoms with Crippen molar-refractivity contribution in [3.05, 3.63) is 52.0 Å². The molecule has 1 aliphatic heterocycles. The summed E-state index contributed by atoms with van der Waals surface area (Å²) in [7, 11) is 0. The van der Waals surface area contributed by atoms with Crippen molar-refractivity contribution in [2.75, 3.05) is 19.8 Å². The molecule has 0 radical (unpaired) electrons. The van der Waals surface area contributed by atoms with Gasteiger partial charge in [0.2, 0.25) is 0 Å². The Morgan fingerprint density at radius 3 is 2.95 bits per heavy atom. The molecule has 21 heavy (non-hydrogen) atoms. The van der Waals surface area contributed by atoms with Gasteiger partial charge in [0.05, 0.1) is 12.3 Å². The number of hydrogen-bond acceptors (Lipinski definition) is 4. The quantitative estimate of drug-likeness (QED) is 0.817. The Hall–Kier alpha value is -1.23. The first-order valence-electron chi connectivity index (χ1n) is 7.54. The number of nitrogens with zero attached hydrogens (tertiary/aromatic N) is 2. The molecule has 0 unspecified atom stereocenters. The Morgan fingerprint density at radius 1 is 1.33 bits per heavy atom. The van der Waals surface area contributed by atoms with E-state index in [4.69, 9.17) is 4.74 Å². The summed E-state index contributed by atoms with van der Waals surface area (Å²) in [6, 6.07) is 8.36. The zero-order valence-corrected chi connectivity index (χ0v) is 13.3. The number of ether oxygens (including phenoxy) is 1. The highest BCUT2D eigenvalue weighted by atomic mass is 32.1. The Bertz CT molecular complexity index is 549. The molecule has 0 spiro atoms. The topological polar surface area (TPSA) is 25.4 Å². The van der Waals surface area contributed by atoms with E-state index >= 15 is 0 Å². The first-order chi connectivity index (χ1) is 10.3. The summed E-state index contributed by atoms with van der Waals surface area (Å²) in [5, 5.41) is 2.18. The zero-order chi connectivity index (χ0) is 14.5. The van der Waals surface area contributed by atoms with Crippen molar-refractivity contribution in [2.24, 2.45) is 5.92 Å². The molecule has 3 nitrogen and oxygen atoms in total. The van der Waals surface area contributed by atoms with E-state index in [1.54, 1.807) is 0 Å². The third-order valence-corrected chi connectivity index (χ3v) is 5.00. The Labute approximate surface area is 130 Å². The van der Waals surface area contributed by atoms with E-state index in [1.165, 1.54) is 16.9 Å². The SMILES string of the molecule is Cc1ccsc1CN(Cc1ccccn1)C[C@@H]1CCOC1. The minimum atomic E-state index is 0.661. The molecule has 2 aromatic heterocycles.